The van der Waals surface area contributed by atoms with Crippen molar-refractivity contribution in [3.05, 3.63) is 42.1 Å². The molecule has 7 nitrogen and oxygen atoms in total. The summed E-state index contributed by atoms with van der Waals surface area (Å²) in [7, 11) is 0. The van der Waals surface area contributed by atoms with E-state index >= 15 is 0 Å². The van der Waals surface area contributed by atoms with E-state index in [0.29, 0.717) is 11.9 Å². The fourth-order valence-corrected chi connectivity index (χ4v) is 5.73. The van der Waals surface area contributed by atoms with Gasteiger partial charge in [-0.15, -0.1) is 11.8 Å². The Morgan fingerprint density at radius 2 is 1.93 bits per heavy atom. The highest BCUT2D eigenvalue weighted by molar-refractivity contribution is 7.99. The van der Waals surface area contributed by atoms with E-state index in [-0.39, 0.29) is 6.04 Å². The molecule has 5 rings (SSSR count). The molecule has 8 heteroatoms. The smallest absolute Gasteiger partial charge is 0.240 e. The lowest BCUT2D eigenvalue weighted by Crippen LogP contribution is -2.51. The summed E-state index contributed by atoms with van der Waals surface area (Å²) in [6.07, 6.45) is 0.932. The molecule has 0 bridgehead atoms. The number of para-hydroxylation sites is 1. The predicted molar refractivity (Wildman–Crippen MR) is 121 cm³/mol. The molecule has 3 aliphatic rings. The fourth-order valence-electron chi connectivity index (χ4n) is 4.78. The minimum Gasteiger partial charge on any atom is -0.354 e. The number of amides is 1. The van der Waals surface area contributed by atoms with Gasteiger partial charge in [0.1, 0.15) is 5.82 Å². The van der Waals surface area contributed by atoms with Crippen LogP contribution in [0.15, 0.2) is 36.4 Å². The molecule has 3 fully saturated rings. The molecule has 3 saturated heterocycles. The van der Waals surface area contributed by atoms with Crippen LogP contribution >= 0.6 is 11.8 Å². The van der Waals surface area contributed by atoms with E-state index in [0.717, 1.165) is 68.7 Å². The van der Waals surface area contributed by atoms with E-state index in [2.05, 4.69) is 57.1 Å². The quantitative estimate of drug-likeness (QED) is 0.801. The van der Waals surface area contributed by atoms with Gasteiger partial charge in [0.2, 0.25) is 5.91 Å². The fraction of sp³-hybridized carbons (Fsp3) is 0.545. The molecule has 0 spiro atoms. The topological polar surface area (TPSA) is 56.6 Å². The highest BCUT2D eigenvalue weighted by Crippen LogP contribution is 2.25. The number of piperazine rings is 1. The van der Waals surface area contributed by atoms with Crippen LogP contribution in [-0.2, 0) is 4.79 Å². The first-order valence-corrected chi connectivity index (χ1v) is 12.1. The maximum Gasteiger partial charge on any atom is 0.240 e. The lowest BCUT2D eigenvalue weighted by molar-refractivity contribution is -0.131. The van der Waals surface area contributed by atoms with Gasteiger partial charge >= 0.3 is 0 Å². The molecule has 2 atom stereocenters. The number of thioether (sulfide) groups is 1. The van der Waals surface area contributed by atoms with Crippen LogP contribution in [0.2, 0.25) is 0 Å². The van der Waals surface area contributed by atoms with Crippen molar-refractivity contribution < 1.29 is 4.79 Å². The molecular weight excluding hydrogens is 396 g/mol. The van der Waals surface area contributed by atoms with Crippen molar-refractivity contribution in [2.24, 2.45) is 0 Å². The zero-order valence-electron chi connectivity index (χ0n) is 17.5. The second-order valence-electron chi connectivity index (χ2n) is 8.40. The van der Waals surface area contributed by atoms with Crippen molar-refractivity contribution in [3.8, 4) is 5.69 Å². The van der Waals surface area contributed by atoms with Gasteiger partial charge in [-0.1, -0.05) is 18.2 Å². The van der Waals surface area contributed by atoms with E-state index in [4.69, 9.17) is 5.10 Å². The van der Waals surface area contributed by atoms with E-state index in [1.54, 1.807) is 0 Å². The summed E-state index contributed by atoms with van der Waals surface area (Å²) < 4.78 is 2.06. The molecule has 4 heterocycles. The zero-order valence-corrected chi connectivity index (χ0v) is 18.4. The standard InChI is InChI=1S/C22H30N6OS/c1-17-13-21(28(24-17)18-5-3-2-4-6-18)26-9-7-25(8-10-26)19-14-20(23-15-19)22(29)27-11-12-30-16-27/h2-6,13,19-20,23H,7-12,14-16H2,1H3/t19-,20?/m0/s1. The van der Waals surface area contributed by atoms with E-state index in [9.17, 15) is 4.79 Å². The Morgan fingerprint density at radius 1 is 1.13 bits per heavy atom. The van der Waals surface area contributed by atoms with Crippen LogP contribution < -0.4 is 10.2 Å². The maximum absolute atomic E-state index is 12.7. The first kappa shape index (κ1) is 19.9. The highest BCUT2D eigenvalue weighted by Gasteiger charge is 2.36. The third-order valence-corrected chi connectivity index (χ3v) is 7.40. The number of rotatable bonds is 4. The van der Waals surface area contributed by atoms with Gasteiger partial charge in [0, 0.05) is 57.1 Å². The van der Waals surface area contributed by atoms with Gasteiger partial charge in [-0.2, -0.15) is 5.10 Å². The van der Waals surface area contributed by atoms with Gasteiger partial charge in [0.15, 0.2) is 0 Å². The molecule has 1 aromatic carbocycles. The number of benzene rings is 1. The lowest BCUT2D eigenvalue weighted by Gasteiger charge is -2.38. The Hall–Kier alpha value is -2.03. The summed E-state index contributed by atoms with van der Waals surface area (Å²) in [5.41, 5.74) is 2.14. The Morgan fingerprint density at radius 3 is 2.67 bits per heavy atom. The Balaban J connectivity index is 1.20. The number of carbonyl (C=O) groups is 1. The number of aromatic nitrogens is 2. The van der Waals surface area contributed by atoms with Crippen LogP contribution in [-0.4, -0.2) is 88.5 Å². The van der Waals surface area contributed by atoms with Crippen LogP contribution in [0, 0.1) is 6.92 Å². The first-order valence-electron chi connectivity index (χ1n) is 10.9. The van der Waals surface area contributed by atoms with Gasteiger partial charge in [-0.05, 0) is 25.5 Å². The van der Waals surface area contributed by atoms with Crippen LogP contribution in [0.5, 0.6) is 0 Å². The summed E-state index contributed by atoms with van der Waals surface area (Å²) >= 11 is 1.85. The maximum atomic E-state index is 12.7. The first-order chi connectivity index (χ1) is 14.7. The minimum atomic E-state index is -0.00566. The molecule has 160 valence electrons. The number of anilines is 1. The Bertz CT molecular complexity index is 873. The summed E-state index contributed by atoms with van der Waals surface area (Å²) in [6, 6.07) is 13.0. The average Bonchev–Trinajstić information content (AvgIpc) is 3.55. The summed E-state index contributed by atoms with van der Waals surface area (Å²) in [5, 5.41) is 8.21. The minimum absolute atomic E-state index is 0.00566. The zero-order chi connectivity index (χ0) is 20.5. The predicted octanol–water partition coefficient (Wildman–Crippen LogP) is 1.57. The number of nitrogens with zero attached hydrogens (tertiary/aromatic N) is 5. The molecule has 0 saturated carbocycles. The Kier molecular flexibility index (Phi) is 5.71. The van der Waals surface area contributed by atoms with Crippen molar-refractivity contribution in [2.75, 3.05) is 55.8 Å². The molecule has 1 amide bonds. The third-order valence-electron chi connectivity index (χ3n) is 6.44. The number of nitrogens with one attached hydrogen (secondary N) is 1. The molecule has 0 radical (unpaired) electrons. The highest BCUT2D eigenvalue weighted by atomic mass is 32.2. The summed E-state index contributed by atoms with van der Waals surface area (Å²) in [4.78, 5) is 19.7. The van der Waals surface area contributed by atoms with Gasteiger partial charge < -0.3 is 15.1 Å². The number of carbonyl (C=O) groups excluding carboxylic acids is 1. The molecule has 1 aromatic heterocycles. The monoisotopic (exact) mass is 426 g/mol. The number of hydrogen-bond donors (Lipinski definition) is 1. The largest absolute Gasteiger partial charge is 0.354 e. The van der Waals surface area contributed by atoms with Crippen molar-refractivity contribution in [1.82, 2.24) is 24.9 Å². The normalized spacial score (nSPS) is 25.2. The molecule has 3 aliphatic heterocycles. The van der Waals surface area contributed by atoms with Crippen molar-refractivity contribution in [2.45, 2.75) is 25.4 Å². The molecule has 1 unspecified atom stereocenters. The second-order valence-corrected chi connectivity index (χ2v) is 9.48. The molecule has 30 heavy (non-hydrogen) atoms. The third kappa shape index (κ3) is 3.96. The van der Waals surface area contributed by atoms with Gasteiger partial charge in [0.25, 0.3) is 0 Å². The van der Waals surface area contributed by atoms with Gasteiger partial charge in [-0.25, -0.2) is 4.68 Å². The van der Waals surface area contributed by atoms with Crippen LogP contribution in [0.25, 0.3) is 5.69 Å². The van der Waals surface area contributed by atoms with Crippen LogP contribution in [0.3, 0.4) is 0 Å². The average molecular weight is 427 g/mol. The number of hydrogen-bond acceptors (Lipinski definition) is 6. The van der Waals surface area contributed by atoms with Crippen LogP contribution in [0.1, 0.15) is 12.1 Å². The van der Waals surface area contributed by atoms with Gasteiger partial charge in [-0.3, -0.25) is 9.69 Å². The lowest BCUT2D eigenvalue weighted by atomic mass is 10.1. The molecule has 1 N–H and O–H groups in total. The second kappa shape index (κ2) is 8.61. The number of aryl methyl sites for hydroxylation is 1. The Labute approximate surface area is 182 Å². The van der Waals surface area contributed by atoms with E-state index in [1.165, 1.54) is 5.82 Å². The summed E-state index contributed by atoms with van der Waals surface area (Å²) in [5.74, 6) is 3.39. The van der Waals surface area contributed by atoms with Gasteiger partial charge in [0.05, 0.1) is 23.3 Å². The van der Waals surface area contributed by atoms with E-state index < -0.39 is 0 Å². The molecular formula is C22H30N6OS. The van der Waals surface area contributed by atoms with Crippen molar-refractivity contribution in [1.29, 1.82) is 0 Å². The molecule has 0 aliphatic carbocycles. The van der Waals surface area contributed by atoms with Crippen molar-refractivity contribution in [3.63, 3.8) is 0 Å². The van der Waals surface area contributed by atoms with Crippen LogP contribution in [0.4, 0.5) is 5.82 Å². The van der Waals surface area contributed by atoms with Crippen molar-refractivity contribution >= 4 is 23.5 Å². The summed E-state index contributed by atoms with van der Waals surface area (Å²) in [6.45, 7) is 7.88. The molecule has 2 aromatic rings. The SMILES string of the molecule is Cc1cc(N2CCN([C@@H]3CNC(C(=O)N4CCSC4)C3)CC2)n(-c2ccccc2)n1. The van der Waals surface area contributed by atoms with E-state index in [1.807, 2.05) is 22.7 Å².